The maximum absolute atomic E-state index is 12.0. The number of hydrogen-bond acceptors (Lipinski definition) is 8. The van der Waals surface area contributed by atoms with E-state index in [9.17, 15) is 9.59 Å². The SMILES string of the molecule is COC(=O)c1cccc2[nH]c(N3CCN(c4ncnc5[nH]c(=O)[nH]c45)CC3)nc12. The number of nitrogens with one attached hydrogen (secondary N) is 3. The molecule has 3 aromatic heterocycles. The molecule has 0 radical (unpaired) electrons. The summed E-state index contributed by atoms with van der Waals surface area (Å²) < 4.78 is 4.85. The molecule has 0 bridgehead atoms. The Hall–Kier alpha value is -3.89. The van der Waals surface area contributed by atoms with E-state index in [2.05, 4.69) is 39.7 Å². The maximum atomic E-state index is 12.0. The lowest BCUT2D eigenvalue weighted by atomic mass is 10.2. The molecule has 29 heavy (non-hydrogen) atoms. The Morgan fingerprint density at radius 1 is 1.07 bits per heavy atom. The van der Waals surface area contributed by atoms with Crippen molar-refractivity contribution in [2.75, 3.05) is 43.1 Å². The first-order chi connectivity index (χ1) is 14.1. The van der Waals surface area contributed by atoms with Gasteiger partial charge in [0, 0.05) is 26.2 Å². The summed E-state index contributed by atoms with van der Waals surface area (Å²) >= 11 is 0. The van der Waals surface area contributed by atoms with Crippen molar-refractivity contribution in [1.29, 1.82) is 0 Å². The largest absolute Gasteiger partial charge is 0.465 e. The fourth-order valence-corrected chi connectivity index (χ4v) is 3.65. The van der Waals surface area contributed by atoms with Crippen LogP contribution in [0.15, 0.2) is 29.3 Å². The number of aromatic nitrogens is 6. The average Bonchev–Trinajstić information content (AvgIpc) is 3.35. The third kappa shape index (κ3) is 2.87. The number of benzene rings is 1. The smallest absolute Gasteiger partial charge is 0.340 e. The molecule has 11 heteroatoms. The van der Waals surface area contributed by atoms with Gasteiger partial charge in [-0.3, -0.25) is 4.98 Å². The Morgan fingerprint density at radius 2 is 1.86 bits per heavy atom. The van der Waals surface area contributed by atoms with Crippen molar-refractivity contribution in [2.24, 2.45) is 0 Å². The molecule has 5 rings (SSSR count). The minimum absolute atomic E-state index is 0.302. The van der Waals surface area contributed by atoms with Gasteiger partial charge in [-0.1, -0.05) is 6.07 Å². The molecular weight excluding hydrogens is 376 g/mol. The lowest BCUT2D eigenvalue weighted by Gasteiger charge is -2.35. The number of piperazine rings is 1. The van der Waals surface area contributed by atoms with Crippen LogP contribution in [0.3, 0.4) is 0 Å². The molecule has 1 fully saturated rings. The Kier molecular flexibility index (Phi) is 3.93. The predicted molar refractivity (Wildman–Crippen MR) is 106 cm³/mol. The van der Waals surface area contributed by atoms with Crippen molar-refractivity contribution in [3.63, 3.8) is 0 Å². The summed E-state index contributed by atoms with van der Waals surface area (Å²) in [5.74, 6) is 0.996. The summed E-state index contributed by atoms with van der Waals surface area (Å²) in [5, 5.41) is 0. The van der Waals surface area contributed by atoms with Crippen molar-refractivity contribution >= 4 is 39.9 Å². The van der Waals surface area contributed by atoms with Crippen LogP contribution in [0.4, 0.5) is 11.8 Å². The fourth-order valence-electron chi connectivity index (χ4n) is 3.65. The predicted octanol–water partition coefficient (Wildman–Crippen LogP) is 0.636. The monoisotopic (exact) mass is 394 g/mol. The molecule has 0 amide bonds. The highest BCUT2D eigenvalue weighted by molar-refractivity contribution is 6.02. The number of para-hydroxylation sites is 1. The van der Waals surface area contributed by atoms with E-state index in [1.807, 2.05) is 6.07 Å². The van der Waals surface area contributed by atoms with Crippen LogP contribution in [-0.2, 0) is 4.74 Å². The lowest BCUT2D eigenvalue weighted by Crippen LogP contribution is -2.47. The van der Waals surface area contributed by atoms with Crippen LogP contribution in [0, 0.1) is 0 Å². The molecule has 1 saturated heterocycles. The third-order valence-corrected chi connectivity index (χ3v) is 5.08. The van der Waals surface area contributed by atoms with E-state index in [0.717, 1.165) is 5.52 Å². The van der Waals surface area contributed by atoms with Gasteiger partial charge in [-0.15, -0.1) is 0 Å². The Labute approximate surface area is 163 Å². The number of ether oxygens (including phenoxy) is 1. The molecule has 0 spiro atoms. The van der Waals surface area contributed by atoms with Gasteiger partial charge in [0.2, 0.25) is 5.95 Å². The number of carbonyl (C=O) groups excluding carboxylic acids is 1. The van der Waals surface area contributed by atoms with Crippen LogP contribution >= 0.6 is 0 Å². The molecule has 0 saturated carbocycles. The molecule has 1 aliphatic rings. The molecule has 148 valence electrons. The second kappa shape index (κ2) is 6.62. The van der Waals surface area contributed by atoms with E-state index in [1.165, 1.54) is 13.4 Å². The van der Waals surface area contributed by atoms with Gasteiger partial charge < -0.3 is 24.5 Å². The van der Waals surface area contributed by atoms with Gasteiger partial charge in [0.1, 0.15) is 17.4 Å². The first kappa shape index (κ1) is 17.2. The fraction of sp³-hybridized carbons (Fsp3) is 0.278. The number of esters is 1. The molecule has 3 N–H and O–H groups in total. The van der Waals surface area contributed by atoms with Gasteiger partial charge in [-0.25, -0.2) is 24.5 Å². The molecule has 1 aliphatic heterocycles. The number of aromatic amines is 3. The molecule has 0 aliphatic carbocycles. The Bertz CT molecular complexity index is 1270. The summed E-state index contributed by atoms with van der Waals surface area (Å²) in [6.45, 7) is 2.79. The van der Waals surface area contributed by atoms with Crippen LogP contribution in [-0.4, -0.2) is 69.2 Å². The van der Waals surface area contributed by atoms with E-state index < -0.39 is 5.97 Å². The minimum atomic E-state index is -0.410. The van der Waals surface area contributed by atoms with Gasteiger partial charge >= 0.3 is 11.7 Å². The molecule has 1 aromatic carbocycles. The zero-order valence-corrected chi connectivity index (χ0v) is 15.6. The van der Waals surface area contributed by atoms with Crippen LogP contribution in [0.2, 0.25) is 0 Å². The molecular formula is C18H18N8O3. The Balaban J connectivity index is 1.39. The second-order valence-electron chi connectivity index (χ2n) is 6.73. The highest BCUT2D eigenvalue weighted by Gasteiger charge is 2.23. The van der Waals surface area contributed by atoms with E-state index in [0.29, 0.717) is 60.2 Å². The van der Waals surface area contributed by atoms with Gasteiger partial charge in [-0.2, -0.15) is 0 Å². The molecule has 0 unspecified atom stereocenters. The maximum Gasteiger partial charge on any atom is 0.340 e. The summed E-state index contributed by atoms with van der Waals surface area (Å²) in [7, 11) is 1.36. The van der Waals surface area contributed by atoms with Gasteiger partial charge in [0.05, 0.1) is 18.2 Å². The van der Waals surface area contributed by atoms with E-state index in [-0.39, 0.29) is 5.69 Å². The van der Waals surface area contributed by atoms with Gasteiger partial charge in [0.15, 0.2) is 11.5 Å². The van der Waals surface area contributed by atoms with Crippen molar-refractivity contribution in [3.05, 3.63) is 40.6 Å². The van der Waals surface area contributed by atoms with Crippen molar-refractivity contribution < 1.29 is 9.53 Å². The highest BCUT2D eigenvalue weighted by atomic mass is 16.5. The number of H-pyrrole nitrogens is 3. The number of nitrogens with zero attached hydrogens (tertiary/aromatic N) is 5. The number of fused-ring (bicyclic) bond motifs is 2. The zero-order valence-electron chi connectivity index (χ0n) is 15.6. The second-order valence-corrected chi connectivity index (χ2v) is 6.73. The van der Waals surface area contributed by atoms with Crippen LogP contribution < -0.4 is 15.5 Å². The van der Waals surface area contributed by atoms with E-state index in [4.69, 9.17) is 4.74 Å². The van der Waals surface area contributed by atoms with Crippen molar-refractivity contribution in [3.8, 4) is 0 Å². The standard InChI is InChI=1S/C18H18N8O3/c1-29-16(27)10-3-2-4-11-12(10)22-17(21-11)26-7-5-25(6-8-26)15-13-14(19-9-20-15)24-18(28)23-13/h2-4,9H,5-8H2,1H3,(H,21,22)(H2,19,20,23,24,28). The number of methoxy groups -OCH3 is 1. The molecule has 0 atom stereocenters. The lowest BCUT2D eigenvalue weighted by molar-refractivity contribution is 0.0603. The number of hydrogen-bond donors (Lipinski definition) is 3. The third-order valence-electron chi connectivity index (χ3n) is 5.08. The summed E-state index contributed by atoms with van der Waals surface area (Å²) in [6, 6.07) is 5.38. The number of carbonyl (C=O) groups is 1. The number of anilines is 2. The summed E-state index contributed by atoms with van der Waals surface area (Å²) in [5.41, 5.74) is 2.62. The van der Waals surface area contributed by atoms with Crippen molar-refractivity contribution in [2.45, 2.75) is 0 Å². The Morgan fingerprint density at radius 3 is 2.66 bits per heavy atom. The molecule has 4 heterocycles. The van der Waals surface area contributed by atoms with E-state index in [1.54, 1.807) is 12.1 Å². The summed E-state index contributed by atoms with van der Waals surface area (Å²) in [4.78, 5) is 49.6. The van der Waals surface area contributed by atoms with Crippen LogP contribution in [0.25, 0.3) is 22.2 Å². The number of rotatable bonds is 3. The average molecular weight is 394 g/mol. The van der Waals surface area contributed by atoms with Crippen LogP contribution in [0.1, 0.15) is 10.4 Å². The first-order valence-electron chi connectivity index (χ1n) is 9.14. The molecule has 11 nitrogen and oxygen atoms in total. The quantitative estimate of drug-likeness (QED) is 0.431. The first-order valence-corrected chi connectivity index (χ1v) is 9.14. The zero-order chi connectivity index (χ0) is 20.0. The van der Waals surface area contributed by atoms with Crippen molar-refractivity contribution in [1.82, 2.24) is 29.9 Å². The minimum Gasteiger partial charge on any atom is -0.465 e. The topological polar surface area (TPSA) is 136 Å². The summed E-state index contributed by atoms with van der Waals surface area (Å²) in [6.07, 6.45) is 1.45. The number of imidazole rings is 2. The van der Waals surface area contributed by atoms with Gasteiger partial charge in [-0.05, 0) is 12.1 Å². The normalized spacial score (nSPS) is 14.7. The van der Waals surface area contributed by atoms with Crippen LogP contribution in [0.5, 0.6) is 0 Å². The highest BCUT2D eigenvalue weighted by Crippen LogP contribution is 2.24. The molecule has 4 aromatic rings. The van der Waals surface area contributed by atoms with Gasteiger partial charge in [0.25, 0.3) is 0 Å². The van der Waals surface area contributed by atoms with E-state index >= 15 is 0 Å².